The Labute approximate surface area is 170 Å². The molecule has 0 saturated carbocycles. The SMILES string of the molecule is Cc1ccc2c(c1)sc1cc(-c3ccc4c(sc5cccnc54)c3C)cnc12. The molecule has 0 N–H and O–H groups in total. The molecule has 28 heavy (non-hydrogen) atoms. The van der Waals surface area contributed by atoms with Crippen LogP contribution in [0.25, 0.3) is 51.7 Å². The summed E-state index contributed by atoms with van der Waals surface area (Å²) in [5, 5.41) is 2.49. The van der Waals surface area contributed by atoms with Gasteiger partial charge >= 0.3 is 0 Å². The van der Waals surface area contributed by atoms with Crippen LogP contribution in [-0.4, -0.2) is 9.97 Å². The maximum Gasteiger partial charge on any atom is 0.0888 e. The lowest BCUT2D eigenvalue weighted by molar-refractivity contribution is 1.41. The van der Waals surface area contributed by atoms with E-state index in [0.717, 1.165) is 11.0 Å². The molecule has 6 aromatic rings. The Kier molecular flexibility index (Phi) is 3.37. The van der Waals surface area contributed by atoms with E-state index in [1.165, 1.54) is 51.8 Å². The lowest BCUT2D eigenvalue weighted by atomic mass is 10.00. The summed E-state index contributed by atoms with van der Waals surface area (Å²) in [5.74, 6) is 0. The van der Waals surface area contributed by atoms with Crippen LogP contribution in [0.4, 0.5) is 0 Å². The number of benzene rings is 2. The molecule has 4 heteroatoms. The van der Waals surface area contributed by atoms with Crippen LogP contribution in [0.1, 0.15) is 11.1 Å². The largest absolute Gasteiger partial charge is 0.255 e. The molecule has 2 aromatic carbocycles. The lowest BCUT2D eigenvalue weighted by Crippen LogP contribution is -1.85. The van der Waals surface area contributed by atoms with E-state index in [-0.39, 0.29) is 0 Å². The van der Waals surface area contributed by atoms with E-state index in [9.17, 15) is 0 Å². The second kappa shape index (κ2) is 5.84. The number of aryl methyl sites for hydroxylation is 2. The summed E-state index contributed by atoms with van der Waals surface area (Å²) in [6.07, 6.45) is 3.90. The molecule has 0 radical (unpaired) electrons. The Morgan fingerprint density at radius 1 is 0.750 bits per heavy atom. The van der Waals surface area contributed by atoms with Crippen molar-refractivity contribution in [3.63, 3.8) is 0 Å². The van der Waals surface area contributed by atoms with Crippen LogP contribution in [0.3, 0.4) is 0 Å². The van der Waals surface area contributed by atoms with E-state index in [0.29, 0.717) is 0 Å². The first-order valence-corrected chi connectivity index (χ1v) is 10.9. The zero-order chi connectivity index (χ0) is 18.8. The van der Waals surface area contributed by atoms with Gasteiger partial charge in [0.1, 0.15) is 0 Å². The summed E-state index contributed by atoms with van der Waals surface area (Å²) in [6, 6.07) is 17.5. The van der Waals surface area contributed by atoms with Crippen LogP contribution >= 0.6 is 22.7 Å². The van der Waals surface area contributed by atoms with Crippen LogP contribution < -0.4 is 0 Å². The van der Waals surface area contributed by atoms with Crippen LogP contribution in [-0.2, 0) is 0 Å². The Hall–Kier alpha value is -2.82. The molecule has 0 fully saturated rings. The monoisotopic (exact) mass is 396 g/mol. The summed E-state index contributed by atoms with van der Waals surface area (Å²) in [4.78, 5) is 9.43. The van der Waals surface area contributed by atoms with Gasteiger partial charge in [-0.3, -0.25) is 9.97 Å². The van der Waals surface area contributed by atoms with E-state index >= 15 is 0 Å². The van der Waals surface area contributed by atoms with Gasteiger partial charge in [-0.15, -0.1) is 22.7 Å². The first-order valence-electron chi connectivity index (χ1n) is 9.25. The molecule has 0 aliphatic heterocycles. The van der Waals surface area contributed by atoms with Crippen molar-refractivity contribution in [3.8, 4) is 11.1 Å². The fourth-order valence-electron chi connectivity index (χ4n) is 4.01. The van der Waals surface area contributed by atoms with Gasteiger partial charge < -0.3 is 0 Å². The second-order valence-corrected chi connectivity index (χ2v) is 9.38. The Bertz CT molecular complexity index is 1540. The third-order valence-corrected chi connectivity index (χ3v) is 7.79. The Balaban J connectivity index is 1.59. The maximum atomic E-state index is 4.84. The molecule has 0 spiro atoms. The maximum absolute atomic E-state index is 4.84. The minimum Gasteiger partial charge on any atom is -0.255 e. The van der Waals surface area contributed by atoms with Gasteiger partial charge in [-0.2, -0.15) is 0 Å². The highest BCUT2D eigenvalue weighted by Gasteiger charge is 2.14. The molecular formula is C24H16N2S2. The number of hydrogen-bond acceptors (Lipinski definition) is 4. The molecule has 0 unspecified atom stereocenters. The fourth-order valence-corrected chi connectivity index (χ4v) is 6.37. The first kappa shape index (κ1) is 16.2. The number of fused-ring (bicyclic) bond motifs is 6. The predicted molar refractivity (Wildman–Crippen MR) is 123 cm³/mol. The van der Waals surface area contributed by atoms with Crippen molar-refractivity contribution >= 4 is 63.3 Å². The molecule has 0 aliphatic rings. The van der Waals surface area contributed by atoms with E-state index in [1.54, 1.807) is 0 Å². The van der Waals surface area contributed by atoms with Crippen molar-refractivity contribution in [1.82, 2.24) is 9.97 Å². The minimum absolute atomic E-state index is 1.10. The minimum atomic E-state index is 1.10. The van der Waals surface area contributed by atoms with Crippen LogP contribution in [0, 0.1) is 13.8 Å². The molecule has 0 saturated heterocycles. The summed E-state index contributed by atoms with van der Waals surface area (Å²) >= 11 is 3.65. The standard InChI is InChI=1S/C24H16N2S2/c1-13-5-6-17-20(10-13)27-21-11-15(12-26-22(17)21)16-7-8-18-23-19(4-3-9-25-23)28-24(18)14(16)2/h3-12H,1-2H3. The van der Waals surface area contributed by atoms with Crippen molar-refractivity contribution in [2.75, 3.05) is 0 Å². The highest BCUT2D eigenvalue weighted by Crippen LogP contribution is 2.40. The van der Waals surface area contributed by atoms with Gasteiger partial charge in [0.15, 0.2) is 0 Å². The number of pyridine rings is 2. The number of aromatic nitrogens is 2. The van der Waals surface area contributed by atoms with E-state index in [1.807, 2.05) is 41.1 Å². The van der Waals surface area contributed by atoms with Crippen LogP contribution in [0.15, 0.2) is 60.9 Å². The molecule has 0 atom stereocenters. The van der Waals surface area contributed by atoms with Crippen LogP contribution in [0.2, 0.25) is 0 Å². The van der Waals surface area contributed by atoms with Gasteiger partial charge in [0, 0.05) is 38.1 Å². The van der Waals surface area contributed by atoms with Gasteiger partial charge in [-0.25, -0.2) is 0 Å². The highest BCUT2D eigenvalue weighted by molar-refractivity contribution is 7.26. The molecule has 4 heterocycles. The second-order valence-electron chi connectivity index (χ2n) is 7.24. The predicted octanol–water partition coefficient (Wildman–Crippen LogP) is 7.50. The van der Waals surface area contributed by atoms with Crippen molar-refractivity contribution in [2.24, 2.45) is 0 Å². The van der Waals surface area contributed by atoms with Crippen molar-refractivity contribution in [2.45, 2.75) is 13.8 Å². The molecule has 134 valence electrons. The van der Waals surface area contributed by atoms with Gasteiger partial charge in [0.2, 0.25) is 0 Å². The zero-order valence-corrected chi connectivity index (χ0v) is 17.1. The molecule has 0 aliphatic carbocycles. The summed E-state index contributed by atoms with van der Waals surface area (Å²) in [6.45, 7) is 4.35. The summed E-state index contributed by atoms with van der Waals surface area (Å²) in [7, 11) is 0. The number of hydrogen-bond donors (Lipinski definition) is 0. The average molecular weight is 397 g/mol. The number of thiophene rings is 2. The van der Waals surface area contributed by atoms with Crippen molar-refractivity contribution in [1.29, 1.82) is 0 Å². The fraction of sp³-hybridized carbons (Fsp3) is 0.0833. The van der Waals surface area contributed by atoms with Gasteiger partial charge in [-0.1, -0.05) is 24.3 Å². The molecule has 2 nitrogen and oxygen atoms in total. The van der Waals surface area contributed by atoms with Gasteiger partial charge in [-0.05, 0) is 54.8 Å². The van der Waals surface area contributed by atoms with E-state index < -0.39 is 0 Å². The summed E-state index contributed by atoms with van der Waals surface area (Å²) < 4.78 is 5.11. The molecule has 4 aromatic heterocycles. The van der Waals surface area contributed by atoms with Crippen molar-refractivity contribution < 1.29 is 0 Å². The van der Waals surface area contributed by atoms with Crippen molar-refractivity contribution in [3.05, 3.63) is 72.1 Å². The van der Waals surface area contributed by atoms with Crippen LogP contribution in [0.5, 0.6) is 0 Å². The highest BCUT2D eigenvalue weighted by atomic mass is 32.1. The normalized spacial score (nSPS) is 11.9. The van der Waals surface area contributed by atoms with Gasteiger partial charge in [0.05, 0.1) is 20.4 Å². The zero-order valence-electron chi connectivity index (χ0n) is 15.5. The number of nitrogens with zero attached hydrogens (tertiary/aromatic N) is 2. The average Bonchev–Trinajstić information content (AvgIpc) is 3.26. The molecular weight excluding hydrogens is 380 g/mol. The molecule has 0 bridgehead atoms. The lowest BCUT2D eigenvalue weighted by Gasteiger charge is -2.07. The Morgan fingerprint density at radius 2 is 1.61 bits per heavy atom. The Morgan fingerprint density at radius 3 is 2.54 bits per heavy atom. The topological polar surface area (TPSA) is 25.8 Å². The van der Waals surface area contributed by atoms with E-state index in [2.05, 4.69) is 61.3 Å². The summed E-state index contributed by atoms with van der Waals surface area (Å²) in [5.41, 5.74) is 7.24. The first-order chi connectivity index (χ1) is 13.7. The number of rotatable bonds is 1. The molecule has 6 rings (SSSR count). The smallest absolute Gasteiger partial charge is 0.0888 e. The third kappa shape index (κ3) is 2.25. The van der Waals surface area contributed by atoms with E-state index in [4.69, 9.17) is 4.98 Å². The molecule has 0 amide bonds. The third-order valence-electron chi connectivity index (χ3n) is 5.42. The quantitative estimate of drug-likeness (QED) is 0.288. The van der Waals surface area contributed by atoms with Gasteiger partial charge in [0.25, 0.3) is 0 Å².